The van der Waals surface area contributed by atoms with E-state index in [0.717, 1.165) is 55.9 Å². The summed E-state index contributed by atoms with van der Waals surface area (Å²) in [7, 11) is 0. The highest BCUT2D eigenvalue weighted by atomic mass is 16.1. The minimum atomic E-state index is -0.257. The van der Waals surface area contributed by atoms with E-state index in [1.807, 2.05) is 54.6 Å². The van der Waals surface area contributed by atoms with Gasteiger partial charge in [-0.1, -0.05) is 60.7 Å². The summed E-state index contributed by atoms with van der Waals surface area (Å²) >= 11 is 0. The van der Waals surface area contributed by atoms with E-state index >= 15 is 0 Å². The Morgan fingerprint density at radius 3 is 2.56 bits per heavy atom. The number of nitrogens with one attached hydrogen (secondary N) is 3. The van der Waals surface area contributed by atoms with E-state index < -0.39 is 0 Å². The highest BCUT2D eigenvalue weighted by Gasteiger charge is 2.33. The molecule has 1 unspecified atom stereocenters. The second kappa shape index (κ2) is 7.92. The van der Waals surface area contributed by atoms with Gasteiger partial charge in [0.05, 0.1) is 23.3 Å². The van der Waals surface area contributed by atoms with Crippen molar-refractivity contribution in [1.29, 1.82) is 0 Å². The first-order valence-corrected chi connectivity index (χ1v) is 12.1. The fourth-order valence-corrected chi connectivity index (χ4v) is 5.47. The van der Waals surface area contributed by atoms with E-state index in [0.29, 0.717) is 5.57 Å². The molecule has 0 spiro atoms. The number of benzene rings is 3. The summed E-state index contributed by atoms with van der Waals surface area (Å²) in [6.07, 6.45) is 5.54. The number of amides is 1. The van der Waals surface area contributed by atoms with Crippen LogP contribution in [-0.2, 0) is 4.79 Å². The van der Waals surface area contributed by atoms with Gasteiger partial charge in [-0.05, 0) is 47.4 Å². The van der Waals surface area contributed by atoms with Gasteiger partial charge in [-0.2, -0.15) is 0 Å². The Hall–Kier alpha value is -4.71. The molecule has 3 N–H and O–H groups in total. The van der Waals surface area contributed by atoms with Gasteiger partial charge < -0.3 is 15.6 Å². The van der Waals surface area contributed by atoms with Crippen LogP contribution in [0.4, 0.5) is 5.69 Å². The molecule has 0 radical (unpaired) electrons. The fourth-order valence-electron chi connectivity index (χ4n) is 5.47. The molecule has 5 aromatic rings. The molecule has 3 heterocycles. The van der Waals surface area contributed by atoms with Crippen LogP contribution in [0.15, 0.2) is 91.3 Å². The maximum Gasteiger partial charge on any atom is 0.252 e. The molecule has 6 heteroatoms. The molecule has 3 aromatic carbocycles. The zero-order valence-corrected chi connectivity index (χ0v) is 19.6. The van der Waals surface area contributed by atoms with E-state index in [1.165, 1.54) is 0 Å². The summed E-state index contributed by atoms with van der Waals surface area (Å²) in [6.45, 7) is 2.05. The lowest BCUT2D eigenvalue weighted by Gasteiger charge is -2.25. The summed E-state index contributed by atoms with van der Waals surface area (Å²) in [5, 5.41) is 6.79. The maximum absolute atomic E-state index is 13.7. The first kappa shape index (κ1) is 20.6. The molecule has 7 rings (SSSR count). The summed E-state index contributed by atoms with van der Waals surface area (Å²) in [6, 6.07) is 24.2. The number of anilines is 1. The molecular formula is C30H23N5O. The molecule has 2 atom stereocenters. The molecule has 0 bridgehead atoms. The van der Waals surface area contributed by atoms with Crippen LogP contribution < -0.4 is 10.6 Å². The minimum Gasteiger partial charge on any atom is -0.379 e. The molecule has 0 saturated carbocycles. The van der Waals surface area contributed by atoms with E-state index in [2.05, 4.69) is 51.8 Å². The third-order valence-electron chi connectivity index (χ3n) is 7.02. The first-order valence-electron chi connectivity index (χ1n) is 12.1. The predicted molar refractivity (Wildman–Crippen MR) is 142 cm³/mol. The van der Waals surface area contributed by atoms with Crippen molar-refractivity contribution in [1.82, 2.24) is 20.3 Å². The van der Waals surface area contributed by atoms with Crippen molar-refractivity contribution in [3.05, 3.63) is 108 Å². The van der Waals surface area contributed by atoms with Gasteiger partial charge in [-0.25, -0.2) is 4.98 Å². The van der Waals surface area contributed by atoms with Crippen molar-refractivity contribution in [3.8, 4) is 22.5 Å². The van der Waals surface area contributed by atoms with Crippen molar-refractivity contribution in [2.24, 2.45) is 0 Å². The number of aromatic nitrogens is 3. The lowest BCUT2D eigenvalue weighted by Crippen LogP contribution is -2.31. The molecule has 36 heavy (non-hydrogen) atoms. The third kappa shape index (κ3) is 3.15. The van der Waals surface area contributed by atoms with Crippen LogP contribution in [0, 0.1) is 0 Å². The number of fused-ring (bicyclic) bond motifs is 5. The molecule has 1 amide bonds. The number of imidazole rings is 1. The van der Waals surface area contributed by atoms with Crippen LogP contribution in [0.2, 0.25) is 0 Å². The van der Waals surface area contributed by atoms with Gasteiger partial charge in [0.2, 0.25) is 0 Å². The van der Waals surface area contributed by atoms with Crippen molar-refractivity contribution in [2.75, 3.05) is 5.32 Å². The summed E-state index contributed by atoms with van der Waals surface area (Å²) in [5.41, 5.74) is 9.73. The fraction of sp³-hybridized carbons (Fsp3) is 0.100. The van der Waals surface area contributed by atoms with Crippen LogP contribution in [-0.4, -0.2) is 26.9 Å². The third-order valence-corrected chi connectivity index (χ3v) is 7.02. The highest BCUT2D eigenvalue weighted by Crippen LogP contribution is 2.48. The van der Waals surface area contributed by atoms with Gasteiger partial charge in [0.25, 0.3) is 5.91 Å². The number of carbonyl (C=O) groups is 1. The van der Waals surface area contributed by atoms with Gasteiger partial charge in [-0.15, -0.1) is 0 Å². The summed E-state index contributed by atoms with van der Waals surface area (Å²) in [5.74, 6) is 0.712. The van der Waals surface area contributed by atoms with Crippen molar-refractivity contribution >= 4 is 28.2 Å². The second-order valence-electron chi connectivity index (χ2n) is 9.30. The predicted octanol–water partition coefficient (Wildman–Crippen LogP) is 5.71. The number of rotatable bonds is 3. The molecule has 174 valence electrons. The normalized spacial score (nSPS) is 17.5. The topological polar surface area (TPSA) is 82.7 Å². The van der Waals surface area contributed by atoms with Gasteiger partial charge >= 0.3 is 0 Å². The maximum atomic E-state index is 13.7. The van der Waals surface area contributed by atoms with Gasteiger partial charge in [0, 0.05) is 34.6 Å². The number of para-hydroxylation sites is 1. The Balaban J connectivity index is 1.33. The minimum absolute atomic E-state index is 0.0676. The van der Waals surface area contributed by atoms with E-state index in [1.54, 1.807) is 12.4 Å². The van der Waals surface area contributed by atoms with E-state index in [-0.39, 0.29) is 18.0 Å². The average molecular weight is 470 g/mol. The Labute approximate surface area is 208 Å². The van der Waals surface area contributed by atoms with Gasteiger partial charge in [0.15, 0.2) is 0 Å². The number of hydrogen-bond donors (Lipinski definition) is 3. The molecule has 1 aliphatic carbocycles. The number of H-pyrrole nitrogens is 1. The van der Waals surface area contributed by atoms with Crippen LogP contribution in [0.5, 0.6) is 0 Å². The number of nitrogens with zero attached hydrogens (tertiary/aromatic N) is 2. The Bertz CT molecular complexity index is 1670. The monoisotopic (exact) mass is 469 g/mol. The largest absolute Gasteiger partial charge is 0.379 e. The summed E-state index contributed by atoms with van der Waals surface area (Å²) in [4.78, 5) is 26.2. The molecular weight excluding hydrogens is 446 g/mol. The number of pyridine rings is 1. The zero-order valence-electron chi connectivity index (χ0n) is 19.6. The van der Waals surface area contributed by atoms with E-state index in [9.17, 15) is 4.79 Å². The SMILES string of the molecule is C[C@H]1C=C(C(=O)NC2c3ccccc3-c3c(-c4nc5ccncc5[nH]4)cccc32)c2ccccc2N1. The van der Waals surface area contributed by atoms with Crippen LogP contribution in [0.3, 0.4) is 0 Å². The highest BCUT2D eigenvalue weighted by molar-refractivity contribution is 6.22. The van der Waals surface area contributed by atoms with Crippen LogP contribution >= 0.6 is 0 Å². The van der Waals surface area contributed by atoms with Crippen LogP contribution in [0.25, 0.3) is 39.1 Å². The van der Waals surface area contributed by atoms with Gasteiger partial charge in [-0.3, -0.25) is 9.78 Å². The van der Waals surface area contributed by atoms with Gasteiger partial charge in [0.1, 0.15) is 5.82 Å². The lowest BCUT2D eigenvalue weighted by atomic mass is 9.95. The Morgan fingerprint density at radius 2 is 1.67 bits per heavy atom. The molecule has 0 saturated heterocycles. The second-order valence-corrected chi connectivity index (χ2v) is 9.30. The average Bonchev–Trinajstić information content (AvgIpc) is 3.48. The Kier molecular flexibility index (Phi) is 4.54. The number of hydrogen-bond acceptors (Lipinski definition) is 4. The lowest BCUT2D eigenvalue weighted by molar-refractivity contribution is -0.116. The standard InChI is InChI=1S/C30H23N5O/c1-17-15-23(18-7-4-5-12-24(18)32-17)30(36)35-28-20-9-3-2-8-19(20)27-21(28)10-6-11-22(27)29-33-25-13-14-31-16-26(25)34-29/h2-17,28,32H,1H3,(H,33,34)(H,35,36)/t17-,28?/m0/s1. The number of carbonyl (C=O) groups excluding carboxylic acids is 1. The van der Waals surface area contributed by atoms with Crippen LogP contribution in [0.1, 0.15) is 29.7 Å². The number of aromatic amines is 1. The molecule has 6 nitrogen and oxygen atoms in total. The molecule has 0 fully saturated rings. The Morgan fingerprint density at radius 1 is 0.889 bits per heavy atom. The zero-order chi connectivity index (χ0) is 24.2. The van der Waals surface area contributed by atoms with Crippen molar-refractivity contribution in [3.63, 3.8) is 0 Å². The quantitative estimate of drug-likeness (QED) is 0.316. The molecule has 2 aliphatic rings. The smallest absolute Gasteiger partial charge is 0.252 e. The van der Waals surface area contributed by atoms with Crippen molar-refractivity contribution < 1.29 is 4.79 Å². The van der Waals surface area contributed by atoms with E-state index in [4.69, 9.17) is 4.98 Å². The first-order chi connectivity index (χ1) is 17.7. The molecule has 2 aromatic heterocycles. The summed E-state index contributed by atoms with van der Waals surface area (Å²) < 4.78 is 0. The van der Waals surface area contributed by atoms with Crippen molar-refractivity contribution in [2.45, 2.75) is 19.0 Å². The molecule has 1 aliphatic heterocycles.